The molecule has 0 aliphatic carbocycles. The lowest BCUT2D eigenvalue weighted by molar-refractivity contribution is -0.142. The summed E-state index contributed by atoms with van der Waals surface area (Å²) in [5.41, 5.74) is 1.71. The fourth-order valence-electron chi connectivity index (χ4n) is 3.23. The van der Waals surface area contributed by atoms with Crippen molar-refractivity contribution >= 4 is 28.4 Å². The summed E-state index contributed by atoms with van der Waals surface area (Å²) in [4.78, 5) is 32.5. The van der Waals surface area contributed by atoms with Gasteiger partial charge in [0.2, 0.25) is 0 Å². The number of ether oxygens (including phenoxy) is 5. The van der Waals surface area contributed by atoms with Gasteiger partial charge in [-0.15, -0.1) is 0 Å². The summed E-state index contributed by atoms with van der Waals surface area (Å²) in [5.74, 6) is 0.187. The molecule has 0 aliphatic rings. The number of amides is 1. The molecule has 0 spiro atoms. The highest BCUT2D eigenvalue weighted by Crippen LogP contribution is 2.28. The van der Waals surface area contributed by atoms with Gasteiger partial charge in [0.05, 0.1) is 41.5 Å². The summed E-state index contributed by atoms with van der Waals surface area (Å²) in [6.45, 7) is 1.98. The number of pyridine rings is 2. The predicted molar refractivity (Wildman–Crippen MR) is 138 cm³/mol. The van der Waals surface area contributed by atoms with E-state index in [1.54, 1.807) is 49.6 Å². The number of hydrogen-bond donors (Lipinski definition) is 1. The first kappa shape index (κ1) is 28.7. The topological polar surface area (TPSA) is 135 Å². The maximum Gasteiger partial charge on any atom is 0.303 e. The normalized spacial score (nSPS) is 11.4. The fourth-order valence-corrected chi connectivity index (χ4v) is 4.47. The van der Waals surface area contributed by atoms with Crippen LogP contribution in [0.1, 0.15) is 28.5 Å². The lowest BCUT2D eigenvalue weighted by Crippen LogP contribution is -2.17. The largest absolute Gasteiger partial charge is 0.497 e. The van der Waals surface area contributed by atoms with Gasteiger partial charge in [0.25, 0.3) is 5.91 Å². The van der Waals surface area contributed by atoms with Crippen LogP contribution in [0.2, 0.25) is 0 Å². The molecule has 202 valence electrons. The lowest BCUT2D eigenvalue weighted by atomic mass is 10.2. The molecule has 1 unspecified atom stereocenters. The molecule has 0 radical (unpaired) electrons. The molecule has 2 aromatic heterocycles. The SMILES string of the molecule is COCOCCOc1cc(OC)ccc1CS(=O)c1ncccc1C(=O)Nc1ccnc(COC(C)=O)c1. The van der Waals surface area contributed by atoms with Crippen molar-refractivity contribution in [3.63, 3.8) is 0 Å². The molecule has 3 rings (SSSR count). The zero-order chi connectivity index (χ0) is 27.3. The molecule has 0 bridgehead atoms. The molecule has 0 saturated carbocycles. The number of anilines is 1. The van der Waals surface area contributed by atoms with Gasteiger partial charge in [-0.2, -0.15) is 0 Å². The van der Waals surface area contributed by atoms with Gasteiger partial charge >= 0.3 is 5.97 Å². The molecule has 3 aromatic rings. The van der Waals surface area contributed by atoms with Crippen molar-refractivity contribution < 1.29 is 37.5 Å². The van der Waals surface area contributed by atoms with E-state index in [2.05, 4.69) is 15.3 Å². The Bertz CT molecular complexity index is 1270. The summed E-state index contributed by atoms with van der Waals surface area (Å²) < 4.78 is 39.6. The van der Waals surface area contributed by atoms with Gasteiger partial charge < -0.3 is 29.0 Å². The molecule has 12 heteroatoms. The highest BCUT2D eigenvalue weighted by Gasteiger charge is 2.20. The van der Waals surface area contributed by atoms with Gasteiger partial charge in [-0.1, -0.05) is 6.07 Å². The van der Waals surface area contributed by atoms with Crippen LogP contribution in [0.5, 0.6) is 11.5 Å². The van der Waals surface area contributed by atoms with Crippen molar-refractivity contribution in [1.82, 2.24) is 9.97 Å². The van der Waals surface area contributed by atoms with Crippen LogP contribution in [-0.2, 0) is 42.2 Å². The summed E-state index contributed by atoms with van der Waals surface area (Å²) in [6, 6.07) is 11.5. The quantitative estimate of drug-likeness (QED) is 0.184. The molecular weight excluding hydrogens is 514 g/mol. The second-order valence-corrected chi connectivity index (χ2v) is 9.12. The van der Waals surface area contributed by atoms with Crippen LogP contribution < -0.4 is 14.8 Å². The third-order valence-corrected chi connectivity index (χ3v) is 6.31. The number of aromatic nitrogens is 2. The summed E-state index contributed by atoms with van der Waals surface area (Å²) in [5, 5.41) is 2.89. The third-order valence-electron chi connectivity index (χ3n) is 4.98. The number of rotatable bonds is 14. The number of benzene rings is 1. The first-order valence-electron chi connectivity index (χ1n) is 11.5. The van der Waals surface area contributed by atoms with Crippen LogP contribution >= 0.6 is 0 Å². The average molecular weight is 544 g/mol. The zero-order valence-electron chi connectivity index (χ0n) is 21.3. The van der Waals surface area contributed by atoms with Crippen molar-refractivity contribution in [2.75, 3.05) is 39.5 Å². The monoisotopic (exact) mass is 543 g/mol. The Balaban J connectivity index is 1.75. The van der Waals surface area contributed by atoms with Gasteiger partial charge in [0.1, 0.15) is 36.5 Å². The highest BCUT2D eigenvalue weighted by atomic mass is 32.2. The lowest BCUT2D eigenvalue weighted by Gasteiger charge is -2.14. The Hall–Kier alpha value is -3.87. The molecule has 1 atom stereocenters. The molecule has 11 nitrogen and oxygen atoms in total. The van der Waals surface area contributed by atoms with Crippen LogP contribution in [0.3, 0.4) is 0 Å². The number of esters is 1. The van der Waals surface area contributed by atoms with Gasteiger partial charge in [-0.3, -0.25) is 18.8 Å². The Labute approximate surface area is 222 Å². The summed E-state index contributed by atoms with van der Waals surface area (Å²) >= 11 is 0. The minimum absolute atomic E-state index is 0.0218. The third kappa shape index (κ3) is 8.61. The van der Waals surface area contributed by atoms with Crippen LogP contribution in [0.25, 0.3) is 0 Å². The van der Waals surface area contributed by atoms with E-state index in [9.17, 15) is 13.8 Å². The van der Waals surface area contributed by atoms with E-state index in [0.717, 1.165) is 0 Å². The molecular formula is C26H29N3O8S. The smallest absolute Gasteiger partial charge is 0.303 e. The Morgan fingerprint density at radius 2 is 1.87 bits per heavy atom. The molecule has 0 saturated heterocycles. The summed E-state index contributed by atoms with van der Waals surface area (Å²) in [6.07, 6.45) is 2.97. The van der Waals surface area contributed by atoms with Gasteiger partial charge in [0.15, 0.2) is 0 Å². The standard InChI is InChI=1S/C26H29N3O8S/c1-18(30)37-15-21-13-20(8-10-27-21)29-25(31)23-5-4-9-28-26(23)38(32)16-19-6-7-22(34-3)14-24(19)36-12-11-35-17-33-2/h4-10,13-14H,11-12,15-17H2,1-3H3,(H,27,29,31). The molecule has 2 heterocycles. The Morgan fingerprint density at radius 1 is 1.03 bits per heavy atom. The van der Waals surface area contributed by atoms with Crippen molar-refractivity contribution in [3.05, 3.63) is 71.7 Å². The zero-order valence-corrected chi connectivity index (χ0v) is 22.1. The second-order valence-electron chi connectivity index (χ2n) is 7.75. The fraction of sp³-hybridized carbons (Fsp3) is 0.308. The Kier molecular flexibility index (Phi) is 11.1. The summed E-state index contributed by atoms with van der Waals surface area (Å²) in [7, 11) is 1.39. The van der Waals surface area contributed by atoms with Crippen LogP contribution in [0.15, 0.2) is 59.9 Å². The van der Waals surface area contributed by atoms with Crippen LogP contribution in [-0.4, -0.2) is 60.3 Å². The molecule has 0 fully saturated rings. The van der Waals surface area contributed by atoms with Crippen molar-refractivity contribution in [1.29, 1.82) is 0 Å². The van der Waals surface area contributed by atoms with E-state index in [1.165, 1.54) is 26.4 Å². The molecule has 1 aromatic carbocycles. The van der Waals surface area contributed by atoms with Gasteiger partial charge in [-0.25, -0.2) is 4.98 Å². The van der Waals surface area contributed by atoms with Crippen LogP contribution in [0.4, 0.5) is 5.69 Å². The number of hydrogen-bond acceptors (Lipinski definition) is 10. The van der Waals surface area contributed by atoms with Crippen LogP contribution in [0, 0.1) is 0 Å². The molecule has 1 amide bonds. The molecule has 38 heavy (non-hydrogen) atoms. The van der Waals surface area contributed by atoms with E-state index in [-0.39, 0.29) is 36.3 Å². The maximum atomic E-state index is 13.4. The number of carbonyl (C=O) groups is 2. The second kappa shape index (κ2) is 14.8. The number of methoxy groups -OCH3 is 2. The first-order chi connectivity index (χ1) is 18.4. The van der Waals surface area contributed by atoms with E-state index in [4.69, 9.17) is 23.7 Å². The van der Waals surface area contributed by atoms with Crippen molar-refractivity contribution in [2.45, 2.75) is 24.3 Å². The van der Waals surface area contributed by atoms with Gasteiger partial charge in [-0.05, 0) is 30.3 Å². The van der Waals surface area contributed by atoms with Crippen molar-refractivity contribution in [3.8, 4) is 11.5 Å². The van der Waals surface area contributed by atoms with Gasteiger partial charge in [0, 0.05) is 43.7 Å². The van der Waals surface area contributed by atoms with E-state index < -0.39 is 22.7 Å². The van der Waals surface area contributed by atoms with E-state index >= 15 is 0 Å². The number of nitrogens with zero attached hydrogens (tertiary/aromatic N) is 2. The minimum atomic E-state index is -1.68. The number of nitrogens with one attached hydrogen (secondary N) is 1. The predicted octanol–water partition coefficient (Wildman–Crippen LogP) is 3.11. The van der Waals surface area contributed by atoms with Crippen molar-refractivity contribution in [2.24, 2.45) is 0 Å². The van der Waals surface area contributed by atoms with E-state index in [0.29, 0.717) is 35.1 Å². The van der Waals surface area contributed by atoms with E-state index in [1.807, 2.05) is 0 Å². The average Bonchev–Trinajstić information content (AvgIpc) is 2.92. The Morgan fingerprint density at radius 3 is 2.63 bits per heavy atom. The highest BCUT2D eigenvalue weighted by molar-refractivity contribution is 7.84. The number of carbonyl (C=O) groups excluding carboxylic acids is 2. The molecule has 0 aliphatic heterocycles. The first-order valence-corrected chi connectivity index (χ1v) is 12.8. The molecule has 1 N–H and O–H groups in total. The maximum absolute atomic E-state index is 13.4. The minimum Gasteiger partial charge on any atom is -0.497 e.